The van der Waals surface area contributed by atoms with Crippen molar-refractivity contribution >= 4 is 29.1 Å². The van der Waals surface area contributed by atoms with Gasteiger partial charge < -0.3 is 18.9 Å². The lowest BCUT2D eigenvalue weighted by atomic mass is 9.91. The Morgan fingerprint density at radius 3 is 1.81 bits per heavy atom. The average Bonchev–Trinajstić information content (AvgIpc) is 3.83. The minimum Gasteiger partial charge on any atom is -0.386 e. The van der Waals surface area contributed by atoms with E-state index in [1.165, 1.54) is 42.7 Å². The summed E-state index contributed by atoms with van der Waals surface area (Å²) in [4.78, 5) is 21.1. The highest BCUT2D eigenvalue weighted by atomic mass is 16.5. The smallest absolute Gasteiger partial charge is 0.152 e. The third kappa shape index (κ3) is 5.59. The molecule has 0 spiro atoms. The van der Waals surface area contributed by atoms with Crippen molar-refractivity contribution in [3.05, 3.63) is 69.4 Å². The van der Waals surface area contributed by atoms with Gasteiger partial charge in [0.05, 0.1) is 28.9 Å². The van der Waals surface area contributed by atoms with Gasteiger partial charge in [0.15, 0.2) is 6.29 Å². The zero-order valence-corrected chi connectivity index (χ0v) is 27.4. The fraction of sp³-hybridized carbons (Fsp3) is 0.447. The molecule has 5 aliphatic rings. The van der Waals surface area contributed by atoms with Crippen LogP contribution in [-0.2, 0) is 17.6 Å². The Morgan fingerprint density at radius 1 is 0.766 bits per heavy atom. The zero-order valence-electron chi connectivity index (χ0n) is 27.4. The van der Waals surface area contributed by atoms with Gasteiger partial charge in [0.25, 0.3) is 0 Å². The average molecular weight is 633 g/mol. The molecular weight excluding hydrogens is 592 g/mol. The maximum absolute atomic E-state index is 11.4. The van der Waals surface area contributed by atoms with E-state index in [0.29, 0.717) is 17.4 Å². The van der Waals surface area contributed by atoms with Crippen molar-refractivity contribution in [1.82, 2.24) is 10.3 Å². The number of aryl methyl sites for hydroxylation is 4. The van der Waals surface area contributed by atoms with E-state index in [0.717, 1.165) is 106 Å². The van der Waals surface area contributed by atoms with Gasteiger partial charge in [-0.1, -0.05) is 10.3 Å². The van der Waals surface area contributed by atoms with E-state index < -0.39 is 6.10 Å². The normalized spacial score (nSPS) is 20.3. The number of aliphatic imine (C=N–C) groups is 2. The van der Waals surface area contributed by atoms with Crippen molar-refractivity contribution < 1.29 is 23.7 Å². The van der Waals surface area contributed by atoms with Gasteiger partial charge >= 0.3 is 0 Å². The molecule has 3 aliphatic heterocycles. The summed E-state index contributed by atoms with van der Waals surface area (Å²) in [6.45, 7) is 8.44. The number of fused-ring (bicyclic) bond motifs is 2. The Balaban J connectivity index is 0.000000141. The topological polar surface area (TPSA) is 123 Å². The molecule has 9 nitrogen and oxygen atoms in total. The molecule has 2 atom stereocenters. The van der Waals surface area contributed by atoms with Crippen LogP contribution in [0.25, 0.3) is 22.3 Å². The molecule has 3 fully saturated rings. The third-order valence-electron chi connectivity index (χ3n) is 10.2. The van der Waals surface area contributed by atoms with Gasteiger partial charge in [-0.2, -0.15) is 0 Å². The minimum absolute atomic E-state index is 0.140. The molecule has 2 unspecified atom stereocenters. The lowest BCUT2D eigenvalue weighted by Gasteiger charge is -2.20. The van der Waals surface area contributed by atoms with Gasteiger partial charge in [-0.3, -0.25) is 14.8 Å². The SMILES string of the molecule is Cc1noc(C)c1-c1cc(C=O)c2c(c1)CC(C1CC1)=N2.Cc1noc(C)c1-c1cc2c(c(C(O)C3CCCO3)c1)N=C(C1CC1)C2. The van der Waals surface area contributed by atoms with Crippen LogP contribution in [0.4, 0.5) is 11.4 Å². The molecule has 0 bridgehead atoms. The van der Waals surface area contributed by atoms with Gasteiger partial charge in [-0.25, -0.2) is 0 Å². The molecule has 0 amide bonds. The number of carbonyl (C=O) groups is 1. The number of nitrogens with zero attached hydrogens (tertiary/aromatic N) is 4. The first kappa shape index (κ1) is 30.1. The van der Waals surface area contributed by atoms with Gasteiger partial charge in [0.2, 0.25) is 0 Å². The van der Waals surface area contributed by atoms with E-state index in [1.54, 1.807) is 0 Å². The largest absolute Gasteiger partial charge is 0.386 e. The van der Waals surface area contributed by atoms with Crippen LogP contribution in [-0.4, -0.2) is 45.8 Å². The molecule has 5 heterocycles. The molecule has 0 radical (unpaired) electrons. The molecule has 1 saturated heterocycles. The monoisotopic (exact) mass is 632 g/mol. The lowest BCUT2D eigenvalue weighted by molar-refractivity contribution is -0.00227. The van der Waals surface area contributed by atoms with Gasteiger partial charge in [0, 0.05) is 53.1 Å². The second-order valence-electron chi connectivity index (χ2n) is 13.8. The number of aliphatic hydroxyl groups excluding tert-OH is 1. The number of aldehydes is 1. The third-order valence-corrected chi connectivity index (χ3v) is 10.2. The van der Waals surface area contributed by atoms with Gasteiger partial charge in [0.1, 0.15) is 17.6 Å². The Hall–Kier alpha value is -4.21. The maximum Gasteiger partial charge on any atom is 0.152 e. The molecule has 9 rings (SSSR count). The second kappa shape index (κ2) is 11.8. The number of ether oxygens (including phenoxy) is 1. The van der Waals surface area contributed by atoms with Crippen LogP contribution in [0.5, 0.6) is 0 Å². The van der Waals surface area contributed by atoms with Crippen LogP contribution in [0.1, 0.15) is 94.6 Å². The number of aliphatic hydroxyl groups is 1. The van der Waals surface area contributed by atoms with Crippen molar-refractivity contribution in [1.29, 1.82) is 0 Å². The predicted molar refractivity (Wildman–Crippen MR) is 179 cm³/mol. The molecule has 47 heavy (non-hydrogen) atoms. The number of carbonyl (C=O) groups excluding carboxylic acids is 1. The molecule has 2 saturated carbocycles. The minimum atomic E-state index is -0.644. The number of hydrogen-bond donors (Lipinski definition) is 1. The number of benzene rings is 2. The van der Waals surface area contributed by atoms with Crippen LogP contribution in [0.3, 0.4) is 0 Å². The van der Waals surface area contributed by atoms with Crippen molar-refractivity contribution in [3.8, 4) is 22.3 Å². The Morgan fingerprint density at radius 2 is 1.32 bits per heavy atom. The summed E-state index contributed by atoms with van der Waals surface area (Å²) in [7, 11) is 0. The molecule has 2 aromatic heterocycles. The number of hydrogen-bond acceptors (Lipinski definition) is 9. The summed E-state index contributed by atoms with van der Waals surface area (Å²) in [5.74, 6) is 2.86. The van der Waals surface area contributed by atoms with E-state index in [2.05, 4.69) is 28.5 Å². The van der Waals surface area contributed by atoms with Gasteiger partial charge in [-0.05, 0) is 125 Å². The molecule has 2 aromatic carbocycles. The zero-order chi connectivity index (χ0) is 32.4. The van der Waals surface area contributed by atoms with Crippen molar-refractivity contribution in [2.75, 3.05) is 6.61 Å². The van der Waals surface area contributed by atoms with E-state index in [-0.39, 0.29) is 6.10 Å². The van der Waals surface area contributed by atoms with Crippen molar-refractivity contribution in [3.63, 3.8) is 0 Å². The van der Waals surface area contributed by atoms with Crippen LogP contribution >= 0.6 is 0 Å². The summed E-state index contributed by atoms with van der Waals surface area (Å²) in [5, 5.41) is 19.2. The maximum atomic E-state index is 11.4. The standard InChI is InChI=1S/C21H24N2O3.C17H16N2O2/c1-11-19(12(2)26-23-11)14-8-15-10-17(13-5-6-13)22-20(15)16(9-14)21(24)18-4-3-7-25-18;1-9-16(10(2)21-19-9)12-5-13-7-15(11-3-4-11)18-17(13)14(6-12)8-20/h8-9,13,18,21,24H,3-7,10H2,1-2H3;5-6,8,11H,3-4,7H2,1-2H3. The summed E-state index contributed by atoms with van der Waals surface area (Å²) in [6.07, 6.45) is 8.74. The first-order chi connectivity index (χ1) is 22.8. The fourth-order valence-corrected chi connectivity index (χ4v) is 7.49. The summed E-state index contributed by atoms with van der Waals surface area (Å²) in [6, 6.07) is 8.30. The van der Waals surface area contributed by atoms with E-state index >= 15 is 0 Å². The predicted octanol–water partition coefficient (Wildman–Crippen LogP) is 8.02. The Labute approximate surface area is 274 Å². The summed E-state index contributed by atoms with van der Waals surface area (Å²) in [5.41, 5.74) is 14.0. The highest BCUT2D eigenvalue weighted by Gasteiger charge is 2.35. The highest BCUT2D eigenvalue weighted by molar-refractivity contribution is 6.02. The van der Waals surface area contributed by atoms with Crippen LogP contribution in [0.15, 0.2) is 43.3 Å². The molecule has 9 heteroatoms. The first-order valence-corrected chi connectivity index (χ1v) is 16.9. The van der Waals surface area contributed by atoms with Crippen LogP contribution in [0.2, 0.25) is 0 Å². The molecule has 2 aliphatic carbocycles. The molecular formula is C38H40N4O5. The quantitative estimate of drug-likeness (QED) is 0.205. The highest BCUT2D eigenvalue weighted by Crippen LogP contribution is 2.46. The number of rotatable bonds is 7. The number of aromatic nitrogens is 2. The molecule has 1 N–H and O–H groups in total. The van der Waals surface area contributed by atoms with Gasteiger partial charge in [-0.15, -0.1) is 0 Å². The van der Waals surface area contributed by atoms with E-state index in [1.807, 2.05) is 33.8 Å². The van der Waals surface area contributed by atoms with E-state index in [9.17, 15) is 9.90 Å². The first-order valence-electron chi connectivity index (χ1n) is 16.9. The molecule has 242 valence electrons. The Kier molecular flexibility index (Phi) is 7.56. The van der Waals surface area contributed by atoms with Crippen LogP contribution in [0, 0.1) is 39.5 Å². The lowest BCUT2D eigenvalue weighted by Crippen LogP contribution is -2.17. The molecule has 4 aromatic rings. The van der Waals surface area contributed by atoms with Crippen molar-refractivity contribution in [2.24, 2.45) is 21.8 Å². The fourth-order valence-electron chi connectivity index (χ4n) is 7.49. The van der Waals surface area contributed by atoms with Crippen molar-refractivity contribution in [2.45, 2.75) is 91.3 Å². The second-order valence-corrected chi connectivity index (χ2v) is 13.8. The summed E-state index contributed by atoms with van der Waals surface area (Å²) < 4.78 is 16.4. The summed E-state index contributed by atoms with van der Waals surface area (Å²) >= 11 is 0. The Bertz CT molecular complexity index is 1910. The van der Waals surface area contributed by atoms with Crippen LogP contribution < -0.4 is 0 Å². The van der Waals surface area contributed by atoms with E-state index in [4.69, 9.17) is 23.8 Å².